The number of hydrogen-bond donors (Lipinski definition) is 1. The van der Waals surface area contributed by atoms with Gasteiger partial charge < -0.3 is 4.74 Å². The third kappa shape index (κ3) is 3.95. The second-order valence-electron chi connectivity index (χ2n) is 6.44. The maximum Gasteiger partial charge on any atom is 0.343 e. The molecule has 1 saturated heterocycles. The summed E-state index contributed by atoms with van der Waals surface area (Å²) in [6.45, 7) is 0. The van der Waals surface area contributed by atoms with Gasteiger partial charge in [0.2, 0.25) is 0 Å². The van der Waals surface area contributed by atoms with E-state index in [1.165, 1.54) is 41.4 Å². The van der Waals surface area contributed by atoms with Crippen molar-refractivity contribution in [3.05, 3.63) is 101 Å². The van der Waals surface area contributed by atoms with Crippen LogP contribution in [0.3, 0.4) is 0 Å². The first-order valence-corrected chi connectivity index (χ1v) is 9.01. The number of amides is 2. The van der Waals surface area contributed by atoms with Crippen molar-refractivity contribution in [1.29, 1.82) is 0 Å². The quantitative estimate of drug-likeness (QED) is 0.314. The Morgan fingerprint density at radius 2 is 1.67 bits per heavy atom. The fourth-order valence-electron chi connectivity index (χ4n) is 2.90. The van der Waals surface area contributed by atoms with Gasteiger partial charge in [-0.05, 0) is 60.2 Å². The maximum atomic E-state index is 13.0. The molecule has 0 spiro atoms. The van der Waals surface area contributed by atoms with Crippen molar-refractivity contribution in [2.75, 3.05) is 5.01 Å². The molecule has 1 heterocycles. The van der Waals surface area contributed by atoms with Crippen LogP contribution in [-0.2, 0) is 9.59 Å². The molecule has 0 radical (unpaired) electrons. The van der Waals surface area contributed by atoms with Crippen LogP contribution in [-0.4, -0.2) is 17.8 Å². The average Bonchev–Trinajstić information content (AvgIpc) is 3.03. The number of carbonyl (C=O) groups excluding carboxylic acids is 3. The molecule has 7 heteroatoms. The van der Waals surface area contributed by atoms with Crippen LogP contribution in [0.25, 0.3) is 6.08 Å². The molecule has 0 atom stereocenters. The number of benzene rings is 3. The van der Waals surface area contributed by atoms with Crippen LogP contribution in [0.2, 0.25) is 0 Å². The Morgan fingerprint density at radius 3 is 2.40 bits per heavy atom. The number of nitrogens with one attached hydrogen (secondary N) is 1. The van der Waals surface area contributed by atoms with Gasteiger partial charge in [-0.3, -0.25) is 15.0 Å². The smallest absolute Gasteiger partial charge is 0.343 e. The zero-order valence-corrected chi connectivity index (χ0v) is 15.5. The van der Waals surface area contributed by atoms with E-state index >= 15 is 0 Å². The van der Waals surface area contributed by atoms with Crippen LogP contribution in [0, 0.1) is 5.82 Å². The number of esters is 1. The highest BCUT2D eigenvalue weighted by atomic mass is 19.1. The third-order valence-corrected chi connectivity index (χ3v) is 4.37. The highest BCUT2D eigenvalue weighted by Gasteiger charge is 2.34. The molecular weight excluding hydrogens is 387 g/mol. The van der Waals surface area contributed by atoms with Gasteiger partial charge in [0.15, 0.2) is 0 Å². The highest BCUT2D eigenvalue weighted by molar-refractivity contribution is 6.31. The molecule has 3 aromatic carbocycles. The lowest BCUT2D eigenvalue weighted by Crippen LogP contribution is -2.35. The summed E-state index contributed by atoms with van der Waals surface area (Å²) in [6, 6.07) is 20.1. The van der Waals surface area contributed by atoms with Crippen molar-refractivity contribution in [2.24, 2.45) is 0 Å². The van der Waals surface area contributed by atoms with Gasteiger partial charge in [-0.25, -0.2) is 14.2 Å². The first-order chi connectivity index (χ1) is 14.5. The van der Waals surface area contributed by atoms with Crippen LogP contribution in [0.4, 0.5) is 10.1 Å². The number of halogens is 1. The Balaban J connectivity index is 1.54. The molecule has 2 amide bonds. The Hall–Kier alpha value is -4.26. The lowest BCUT2D eigenvalue weighted by Gasteiger charge is -2.13. The molecular formula is C23H15FN2O4. The zero-order valence-electron chi connectivity index (χ0n) is 15.5. The second kappa shape index (κ2) is 8.00. The number of hydrogen-bond acceptors (Lipinski definition) is 4. The van der Waals surface area contributed by atoms with Crippen molar-refractivity contribution < 1.29 is 23.5 Å². The lowest BCUT2D eigenvalue weighted by molar-refractivity contribution is -0.117. The van der Waals surface area contributed by atoms with Gasteiger partial charge in [-0.1, -0.05) is 30.3 Å². The van der Waals surface area contributed by atoms with E-state index in [9.17, 15) is 18.8 Å². The monoisotopic (exact) mass is 402 g/mol. The molecule has 0 bridgehead atoms. The molecule has 0 unspecified atom stereocenters. The largest absolute Gasteiger partial charge is 0.423 e. The number of anilines is 1. The van der Waals surface area contributed by atoms with E-state index in [2.05, 4.69) is 5.43 Å². The number of carbonyl (C=O) groups is 3. The topological polar surface area (TPSA) is 75.7 Å². The Kier molecular flexibility index (Phi) is 5.09. The van der Waals surface area contributed by atoms with Crippen molar-refractivity contribution in [2.45, 2.75) is 0 Å². The van der Waals surface area contributed by atoms with Crippen molar-refractivity contribution in [1.82, 2.24) is 5.43 Å². The molecule has 1 fully saturated rings. The Bertz CT molecular complexity index is 1160. The fourth-order valence-corrected chi connectivity index (χ4v) is 2.90. The molecule has 3 aromatic rings. The van der Waals surface area contributed by atoms with Crippen LogP contribution < -0.4 is 15.2 Å². The van der Waals surface area contributed by atoms with E-state index < -0.39 is 23.6 Å². The van der Waals surface area contributed by atoms with Gasteiger partial charge in [-0.2, -0.15) is 0 Å². The van der Waals surface area contributed by atoms with Gasteiger partial charge in [0, 0.05) is 0 Å². The SMILES string of the molecule is O=C1NN(c2ccccc2)C(=O)C1=Cc1cccc(OC(=O)c2ccc(F)cc2)c1. The number of nitrogens with zero attached hydrogens (tertiary/aromatic N) is 1. The highest BCUT2D eigenvalue weighted by Crippen LogP contribution is 2.23. The molecule has 4 rings (SSSR count). The summed E-state index contributed by atoms with van der Waals surface area (Å²) in [7, 11) is 0. The molecule has 1 aliphatic rings. The van der Waals surface area contributed by atoms with Crippen molar-refractivity contribution >= 4 is 29.5 Å². The van der Waals surface area contributed by atoms with Gasteiger partial charge in [0.25, 0.3) is 11.8 Å². The van der Waals surface area contributed by atoms with Gasteiger partial charge in [0.1, 0.15) is 17.1 Å². The number of rotatable bonds is 4. The summed E-state index contributed by atoms with van der Waals surface area (Å²) >= 11 is 0. The number of ether oxygens (including phenoxy) is 1. The van der Waals surface area contributed by atoms with Gasteiger partial charge in [-0.15, -0.1) is 0 Å². The zero-order chi connectivity index (χ0) is 21.1. The Morgan fingerprint density at radius 1 is 0.933 bits per heavy atom. The minimum Gasteiger partial charge on any atom is -0.423 e. The van der Waals surface area contributed by atoms with Crippen molar-refractivity contribution in [3.63, 3.8) is 0 Å². The predicted octanol–water partition coefficient (Wildman–Crippen LogP) is 3.51. The molecule has 0 saturated carbocycles. The van der Waals surface area contributed by atoms with E-state index in [1.807, 2.05) is 0 Å². The summed E-state index contributed by atoms with van der Waals surface area (Å²) in [4.78, 5) is 37.1. The minimum absolute atomic E-state index is 0.0409. The van der Waals surface area contributed by atoms with Crippen LogP contribution in [0.1, 0.15) is 15.9 Å². The van der Waals surface area contributed by atoms with Gasteiger partial charge in [0.05, 0.1) is 11.3 Å². The first kappa shape index (κ1) is 19.1. The van der Waals surface area contributed by atoms with Gasteiger partial charge >= 0.3 is 5.97 Å². The van der Waals surface area contributed by atoms with Crippen LogP contribution in [0.15, 0.2) is 84.4 Å². The summed E-state index contributed by atoms with van der Waals surface area (Å²) in [5.41, 5.74) is 3.73. The van der Waals surface area contributed by atoms with E-state index in [-0.39, 0.29) is 16.9 Å². The normalized spacial score (nSPS) is 14.7. The average molecular weight is 402 g/mol. The van der Waals surface area contributed by atoms with Crippen LogP contribution >= 0.6 is 0 Å². The van der Waals surface area contributed by atoms with E-state index in [0.29, 0.717) is 11.3 Å². The number of hydrazine groups is 1. The molecule has 30 heavy (non-hydrogen) atoms. The minimum atomic E-state index is -0.648. The standard InChI is InChI=1S/C23H15FN2O4/c24-17-11-9-16(10-12-17)23(29)30-19-8-4-5-15(13-19)14-20-21(27)25-26(22(20)28)18-6-2-1-3-7-18/h1-14H,(H,25,27). The van der Waals surface area contributed by atoms with E-state index in [1.54, 1.807) is 48.5 Å². The second-order valence-corrected chi connectivity index (χ2v) is 6.44. The molecule has 148 valence electrons. The summed E-state index contributed by atoms with van der Waals surface area (Å²) in [5, 5.41) is 1.17. The lowest BCUT2D eigenvalue weighted by atomic mass is 10.1. The van der Waals surface area contributed by atoms with Crippen LogP contribution in [0.5, 0.6) is 5.75 Å². The molecule has 0 aliphatic carbocycles. The molecule has 1 aliphatic heterocycles. The van der Waals surface area contributed by atoms with E-state index in [0.717, 1.165) is 0 Å². The fraction of sp³-hybridized carbons (Fsp3) is 0. The summed E-state index contributed by atoms with van der Waals surface area (Å²) in [6.07, 6.45) is 1.43. The summed E-state index contributed by atoms with van der Waals surface area (Å²) in [5.74, 6) is -1.89. The van der Waals surface area contributed by atoms with Crippen molar-refractivity contribution in [3.8, 4) is 5.75 Å². The number of para-hydroxylation sites is 1. The predicted molar refractivity (Wildman–Crippen MR) is 108 cm³/mol. The Labute approximate surface area is 171 Å². The summed E-state index contributed by atoms with van der Waals surface area (Å²) < 4.78 is 18.3. The molecule has 1 N–H and O–H groups in total. The molecule has 0 aromatic heterocycles. The maximum absolute atomic E-state index is 13.0. The third-order valence-electron chi connectivity index (χ3n) is 4.37. The van der Waals surface area contributed by atoms with E-state index in [4.69, 9.17) is 4.74 Å². The molecule has 6 nitrogen and oxygen atoms in total. The first-order valence-electron chi connectivity index (χ1n) is 9.01.